The molecule has 0 radical (unpaired) electrons. The predicted molar refractivity (Wildman–Crippen MR) is 84.9 cm³/mol. The summed E-state index contributed by atoms with van der Waals surface area (Å²) in [5.41, 5.74) is 5.75. The first-order valence-corrected chi connectivity index (χ1v) is 7.25. The maximum absolute atomic E-state index is 5.27. The summed E-state index contributed by atoms with van der Waals surface area (Å²) in [5, 5.41) is 3.46. The van der Waals surface area contributed by atoms with Crippen LogP contribution in [0.2, 0.25) is 0 Å². The normalized spacial score (nSPS) is 13.8. The molecule has 1 aromatic heterocycles. The maximum atomic E-state index is 5.27. The van der Waals surface area contributed by atoms with E-state index in [1.54, 1.807) is 7.11 Å². The summed E-state index contributed by atoms with van der Waals surface area (Å²) in [4.78, 5) is 8.15. The molecule has 2 heterocycles. The van der Waals surface area contributed by atoms with Crippen molar-refractivity contribution in [3.8, 4) is 17.1 Å². The van der Waals surface area contributed by atoms with Crippen molar-refractivity contribution in [2.24, 2.45) is 0 Å². The molecule has 3 aromatic rings. The average Bonchev–Trinajstić information content (AvgIpc) is 2.97. The minimum atomic E-state index is 0.842. The molecule has 21 heavy (non-hydrogen) atoms. The van der Waals surface area contributed by atoms with E-state index in [2.05, 4.69) is 28.5 Å². The van der Waals surface area contributed by atoms with E-state index in [-0.39, 0.29) is 0 Å². The molecule has 0 atom stereocenters. The second-order valence-electron chi connectivity index (χ2n) is 5.33. The maximum Gasteiger partial charge on any atom is 0.138 e. The first-order chi connectivity index (χ1) is 10.3. The number of imidazole rings is 1. The number of hydrogen-bond donors (Lipinski definition) is 2. The Bertz CT molecular complexity index is 807. The Kier molecular flexibility index (Phi) is 2.81. The molecule has 1 aliphatic heterocycles. The highest BCUT2D eigenvalue weighted by Gasteiger charge is 2.16. The van der Waals surface area contributed by atoms with Gasteiger partial charge >= 0.3 is 0 Å². The largest absolute Gasteiger partial charge is 0.497 e. The smallest absolute Gasteiger partial charge is 0.138 e. The summed E-state index contributed by atoms with van der Waals surface area (Å²) < 4.78 is 5.27. The highest BCUT2D eigenvalue weighted by atomic mass is 16.5. The molecule has 2 N–H and O–H groups in total. The molecule has 4 nitrogen and oxygen atoms in total. The monoisotopic (exact) mass is 279 g/mol. The molecule has 4 rings (SSSR count). The highest BCUT2D eigenvalue weighted by Crippen LogP contribution is 2.32. The summed E-state index contributed by atoms with van der Waals surface area (Å²) in [7, 11) is 1.68. The lowest BCUT2D eigenvalue weighted by Gasteiger charge is -2.20. The number of aromatic nitrogens is 2. The molecule has 0 saturated heterocycles. The summed E-state index contributed by atoms with van der Waals surface area (Å²) in [5.74, 6) is 1.77. The first kappa shape index (κ1) is 12.3. The van der Waals surface area contributed by atoms with Gasteiger partial charge in [0.25, 0.3) is 0 Å². The molecule has 0 fully saturated rings. The molecule has 4 heteroatoms. The van der Waals surface area contributed by atoms with E-state index in [9.17, 15) is 0 Å². The van der Waals surface area contributed by atoms with Gasteiger partial charge in [0.15, 0.2) is 0 Å². The lowest BCUT2D eigenvalue weighted by atomic mass is 9.97. The zero-order valence-corrected chi connectivity index (χ0v) is 11.9. The van der Waals surface area contributed by atoms with Crippen LogP contribution in [-0.4, -0.2) is 23.6 Å². The minimum Gasteiger partial charge on any atom is -0.497 e. The van der Waals surface area contributed by atoms with Crippen LogP contribution in [-0.2, 0) is 6.42 Å². The molecule has 0 amide bonds. The first-order valence-electron chi connectivity index (χ1n) is 7.25. The van der Waals surface area contributed by atoms with Gasteiger partial charge in [-0.3, -0.25) is 0 Å². The van der Waals surface area contributed by atoms with Gasteiger partial charge < -0.3 is 15.0 Å². The predicted octanol–water partition coefficient (Wildman–Crippen LogP) is 3.60. The van der Waals surface area contributed by atoms with Crippen LogP contribution in [0.4, 0.5) is 5.69 Å². The van der Waals surface area contributed by atoms with Crippen molar-refractivity contribution in [3.63, 3.8) is 0 Å². The SMILES string of the molecule is COc1ccc2nc(-c3cccc4c3CCCN4)[nH]c2c1. The Balaban J connectivity index is 1.86. The molecular formula is C17H17N3O. The number of nitrogens with zero attached hydrogens (tertiary/aromatic N) is 1. The van der Waals surface area contributed by atoms with Gasteiger partial charge in [0.05, 0.1) is 18.1 Å². The van der Waals surface area contributed by atoms with Crippen molar-refractivity contribution in [2.45, 2.75) is 12.8 Å². The summed E-state index contributed by atoms with van der Waals surface area (Å²) in [6, 6.07) is 12.3. The molecular weight excluding hydrogens is 262 g/mol. The van der Waals surface area contributed by atoms with Crippen LogP contribution in [0.15, 0.2) is 36.4 Å². The van der Waals surface area contributed by atoms with Crippen molar-refractivity contribution in [1.29, 1.82) is 0 Å². The van der Waals surface area contributed by atoms with E-state index in [4.69, 9.17) is 9.72 Å². The third-order valence-corrected chi connectivity index (χ3v) is 4.04. The Morgan fingerprint density at radius 1 is 1.19 bits per heavy atom. The molecule has 0 aliphatic carbocycles. The fourth-order valence-electron chi connectivity index (χ4n) is 2.98. The summed E-state index contributed by atoms with van der Waals surface area (Å²) in [6.07, 6.45) is 2.26. The molecule has 0 unspecified atom stereocenters. The van der Waals surface area contributed by atoms with Crippen molar-refractivity contribution < 1.29 is 4.74 Å². The molecule has 1 aliphatic rings. The van der Waals surface area contributed by atoms with E-state index >= 15 is 0 Å². The van der Waals surface area contributed by atoms with Crippen LogP contribution in [0.3, 0.4) is 0 Å². The lowest BCUT2D eigenvalue weighted by Crippen LogP contribution is -2.12. The molecule has 0 bridgehead atoms. The Hall–Kier alpha value is -2.49. The van der Waals surface area contributed by atoms with Crippen LogP contribution in [0, 0.1) is 0 Å². The van der Waals surface area contributed by atoms with Gasteiger partial charge in [-0.25, -0.2) is 4.98 Å². The van der Waals surface area contributed by atoms with Gasteiger partial charge in [-0.05, 0) is 36.6 Å². The second kappa shape index (κ2) is 4.81. The third-order valence-electron chi connectivity index (χ3n) is 4.04. The number of hydrogen-bond acceptors (Lipinski definition) is 3. The number of fused-ring (bicyclic) bond motifs is 2. The van der Waals surface area contributed by atoms with Crippen molar-refractivity contribution >= 4 is 16.7 Å². The van der Waals surface area contributed by atoms with Crippen LogP contribution in [0.1, 0.15) is 12.0 Å². The van der Waals surface area contributed by atoms with E-state index in [0.717, 1.165) is 42.0 Å². The summed E-state index contributed by atoms with van der Waals surface area (Å²) >= 11 is 0. The Labute approximate surface area is 123 Å². The quantitative estimate of drug-likeness (QED) is 0.753. The average molecular weight is 279 g/mol. The number of H-pyrrole nitrogens is 1. The van der Waals surface area contributed by atoms with Gasteiger partial charge in [0.2, 0.25) is 0 Å². The van der Waals surface area contributed by atoms with Crippen molar-refractivity contribution in [1.82, 2.24) is 9.97 Å². The van der Waals surface area contributed by atoms with Crippen LogP contribution >= 0.6 is 0 Å². The number of rotatable bonds is 2. The fraction of sp³-hybridized carbons (Fsp3) is 0.235. The van der Waals surface area contributed by atoms with Crippen molar-refractivity contribution in [3.05, 3.63) is 42.0 Å². The number of nitrogens with one attached hydrogen (secondary N) is 2. The standard InChI is InChI=1S/C17H17N3O/c1-21-11-7-8-15-16(10-11)20-17(19-15)13-4-2-6-14-12(13)5-3-9-18-14/h2,4,6-8,10,18H,3,5,9H2,1H3,(H,19,20). The fourth-order valence-corrected chi connectivity index (χ4v) is 2.98. The van der Waals surface area contributed by atoms with Gasteiger partial charge in [-0.2, -0.15) is 0 Å². The molecule has 0 saturated carbocycles. The molecule has 2 aromatic carbocycles. The van der Waals surface area contributed by atoms with Gasteiger partial charge in [-0.1, -0.05) is 12.1 Å². The van der Waals surface area contributed by atoms with Gasteiger partial charge in [-0.15, -0.1) is 0 Å². The van der Waals surface area contributed by atoms with E-state index in [1.165, 1.54) is 16.8 Å². The number of benzene rings is 2. The molecule has 0 spiro atoms. The van der Waals surface area contributed by atoms with Crippen LogP contribution in [0.25, 0.3) is 22.4 Å². The van der Waals surface area contributed by atoms with E-state index in [1.807, 2.05) is 18.2 Å². The number of aromatic amines is 1. The van der Waals surface area contributed by atoms with Crippen molar-refractivity contribution in [2.75, 3.05) is 19.0 Å². The number of anilines is 1. The minimum absolute atomic E-state index is 0.842. The third kappa shape index (κ3) is 2.03. The van der Waals surface area contributed by atoms with E-state index < -0.39 is 0 Å². The molecule has 106 valence electrons. The zero-order valence-electron chi connectivity index (χ0n) is 11.9. The Morgan fingerprint density at radius 3 is 3.05 bits per heavy atom. The second-order valence-corrected chi connectivity index (χ2v) is 5.33. The Morgan fingerprint density at radius 2 is 2.14 bits per heavy atom. The van der Waals surface area contributed by atoms with Gasteiger partial charge in [0.1, 0.15) is 11.6 Å². The van der Waals surface area contributed by atoms with Crippen LogP contribution < -0.4 is 10.1 Å². The van der Waals surface area contributed by atoms with E-state index in [0.29, 0.717) is 0 Å². The van der Waals surface area contributed by atoms with Crippen LogP contribution in [0.5, 0.6) is 5.75 Å². The summed E-state index contributed by atoms with van der Waals surface area (Å²) in [6.45, 7) is 1.05. The number of ether oxygens (including phenoxy) is 1. The zero-order chi connectivity index (χ0) is 14.2. The van der Waals surface area contributed by atoms with Gasteiger partial charge in [0, 0.05) is 23.9 Å². The number of methoxy groups -OCH3 is 1. The highest BCUT2D eigenvalue weighted by molar-refractivity contribution is 5.82. The topological polar surface area (TPSA) is 49.9 Å². The lowest BCUT2D eigenvalue weighted by molar-refractivity contribution is 0.415.